The molecule has 3 N–H and O–H groups in total. The van der Waals surface area contributed by atoms with Crippen LogP contribution in [0.2, 0.25) is 0 Å². The molecule has 0 saturated carbocycles. The van der Waals surface area contributed by atoms with Crippen LogP contribution in [0.1, 0.15) is 18.9 Å². The van der Waals surface area contributed by atoms with Gasteiger partial charge in [-0.2, -0.15) is 0 Å². The van der Waals surface area contributed by atoms with Gasteiger partial charge in [0.05, 0.1) is 18.8 Å². The summed E-state index contributed by atoms with van der Waals surface area (Å²) in [4.78, 5) is 4.23. The van der Waals surface area contributed by atoms with Gasteiger partial charge in [0.25, 0.3) is 0 Å². The van der Waals surface area contributed by atoms with Gasteiger partial charge in [-0.25, -0.2) is 0 Å². The Balaban J connectivity index is 2.22. The Labute approximate surface area is 113 Å². The fourth-order valence-electron chi connectivity index (χ4n) is 2.11. The molecule has 0 bridgehead atoms. The lowest BCUT2D eigenvalue weighted by atomic mass is 9.97. The van der Waals surface area contributed by atoms with Crippen LogP contribution in [0.15, 0.2) is 36.7 Å². The van der Waals surface area contributed by atoms with Crippen molar-refractivity contribution in [1.29, 1.82) is 0 Å². The fraction of sp³-hybridized carbons (Fsp3) is 0.400. The highest BCUT2D eigenvalue weighted by atomic mass is 16.3. The number of rotatable bonds is 6. The zero-order valence-corrected chi connectivity index (χ0v) is 11.1. The summed E-state index contributed by atoms with van der Waals surface area (Å²) in [5.74, 6) is 0. The van der Waals surface area contributed by atoms with Gasteiger partial charge in [0.15, 0.2) is 0 Å². The third-order valence-electron chi connectivity index (χ3n) is 3.69. The van der Waals surface area contributed by atoms with Gasteiger partial charge in [0.2, 0.25) is 0 Å². The van der Waals surface area contributed by atoms with Crippen LogP contribution in [0.4, 0.5) is 0 Å². The third kappa shape index (κ3) is 2.92. The zero-order chi connectivity index (χ0) is 13.7. The molecule has 4 heteroatoms. The minimum atomic E-state index is -0.628. The van der Waals surface area contributed by atoms with Gasteiger partial charge in [0.1, 0.15) is 0 Å². The van der Waals surface area contributed by atoms with E-state index in [-0.39, 0.29) is 13.2 Å². The summed E-state index contributed by atoms with van der Waals surface area (Å²) in [6, 6.07) is 8.06. The molecule has 0 fully saturated rings. The van der Waals surface area contributed by atoms with Gasteiger partial charge < -0.3 is 15.5 Å². The van der Waals surface area contributed by atoms with E-state index in [1.807, 2.05) is 37.5 Å². The average molecular weight is 260 g/mol. The molecule has 1 heterocycles. The topological polar surface area (TPSA) is 65.4 Å². The Morgan fingerprint density at radius 2 is 1.89 bits per heavy atom. The second-order valence-electron chi connectivity index (χ2n) is 4.82. The molecule has 0 aliphatic heterocycles. The summed E-state index contributed by atoms with van der Waals surface area (Å²) in [6.45, 7) is 2.35. The summed E-state index contributed by atoms with van der Waals surface area (Å²) >= 11 is 0. The standard InChI is InChI=1S/C15H20N2O2/c1-2-15(10-18,11-19)17-9-13-8-16-7-12-5-3-4-6-14(12)13/h3-8,17-19H,2,9-11H2,1H3. The number of nitrogens with zero attached hydrogens (tertiary/aromatic N) is 1. The lowest BCUT2D eigenvalue weighted by Crippen LogP contribution is -2.50. The number of aliphatic hydroxyl groups excluding tert-OH is 2. The van der Waals surface area contributed by atoms with Crippen LogP contribution in [-0.4, -0.2) is 33.9 Å². The fourth-order valence-corrected chi connectivity index (χ4v) is 2.11. The van der Waals surface area contributed by atoms with Crippen molar-refractivity contribution in [3.63, 3.8) is 0 Å². The first-order chi connectivity index (χ1) is 9.24. The normalized spacial score (nSPS) is 11.9. The SMILES string of the molecule is CCC(CO)(CO)NCc1cncc2ccccc12. The molecular formula is C15H20N2O2. The van der Waals surface area contributed by atoms with E-state index >= 15 is 0 Å². The number of benzene rings is 1. The molecule has 0 aliphatic carbocycles. The molecule has 1 aromatic carbocycles. The first-order valence-electron chi connectivity index (χ1n) is 6.53. The Morgan fingerprint density at radius 1 is 1.16 bits per heavy atom. The maximum atomic E-state index is 9.43. The van der Waals surface area contributed by atoms with Crippen LogP contribution in [0, 0.1) is 0 Å². The number of aromatic nitrogens is 1. The molecule has 0 unspecified atom stereocenters. The molecular weight excluding hydrogens is 240 g/mol. The molecule has 0 amide bonds. The minimum Gasteiger partial charge on any atom is -0.394 e. The molecule has 19 heavy (non-hydrogen) atoms. The second kappa shape index (κ2) is 6.10. The number of nitrogens with one attached hydrogen (secondary N) is 1. The van der Waals surface area contributed by atoms with Crippen molar-refractivity contribution in [2.45, 2.75) is 25.4 Å². The van der Waals surface area contributed by atoms with Crippen molar-refractivity contribution in [3.8, 4) is 0 Å². The highest BCUT2D eigenvalue weighted by Crippen LogP contribution is 2.18. The van der Waals surface area contributed by atoms with E-state index in [0.29, 0.717) is 13.0 Å². The van der Waals surface area contributed by atoms with Crippen LogP contribution < -0.4 is 5.32 Å². The van der Waals surface area contributed by atoms with Gasteiger partial charge in [-0.1, -0.05) is 31.2 Å². The lowest BCUT2D eigenvalue weighted by Gasteiger charge is -2.30. The third-order valence-corrected chi connectivity index (χ3v) is 3.69. The Hall–Kier alpha value is -1.49. The van der Waals surface area contributed by atoms with E-state index in [2.05, 4.69) is 16.4 Å². The van der Waals surface area contributed by atoms with E-state index in [4.69, 9.17) is 0 Å². The summed E-state index contributed by atoms with van der Waals surface area (Å²) in [5.41, 5.74) is 0.439. The highest BCUT2D eigenvalue weighted by molar-refractivity contribution is 5.84. The van der Waals surface area contributed by atoms with Crippen molar-refractivity contribution in [3.05, 3.63) is 42.2 Å². The number of hydrogen-bond acceptors (Lipinski definition) is 4. The maximum Gasteiger partial charge on any atom is 0.0648 e. The van der Waals surface area contributed by atoms with Crippen LogP contribution in [0.25, 0.3) is 10.8 Å². The summed E-state index contributed by atoms with van der Waals surface area (Å²) < 4.78 is 0. The zero-order valence-electron chi connectivity index (χ0n) is 11.1. The summed E-state index contributed by atoms with van der Waals surface area (Å²) in [5, 5.41) is 24.3. The molecule has 0 spiro atoms. The molecule has 1 aromatic heterocycles. The molecule has 0 radical (unpaired) electrons. The second-order valence-corrected chi connectivity index (χ2v) is 4.82. The quantitative estimate of drug-likeness (QED) is 0.735. The molecule has 4 nitrogen and oxygen atoms in total. The number of pyridine rings is 1. The van der Waals surface area contributed by atoms with Crippen molar-refractivity contribution in [2.75, 3.05) is 13.2 Å². The van der Waals surface area contributed by atoms with Crippen molar-refractivity contribution in [1.82, 2.24) is 10.3 Å². The monoisotopic (exact) mass is 260 g/mol. The van der Waals surface area contributed by atoms with E-state index < -0.39 is 5.54 Å². The largest absolute Gasteiger partial charge is 0.394 e. The smallest absolute Gasteiger partial charge is 0.0648 e. The van der Waals surface area contributed by atoms with Crippen LogP contribution in [0.5, 0.6) is 0 Å². The minimum absolute atomic E-state index is 0.0851. The van der Waals surface area contributed by atoms with Gasteiger partial charge in [0, 0.05) is 24.3 Å². The summed E-state index contributed by atoms with van der Waals surface area (Å²) in [7, 11) is 0. The molecule has 0 saturated heterocycles. The van der Waals surface area contributed by atoms with Gasteiger partial charge in [-0.3, -0.25) is 4.98 Å². The number of fused-ring (bicyclic) bond motifs is 1. The summed E-state index contributed by atoms with van der Waals surface area (Å²) in [6.07, 6.45) is 4.33. The van der Waals surface area contributed by atoms with E-state index in [9.17, 15) is 10.2 Å². The Bertz CT molecular complexity index is 525. The van der Waals surface area contributed by atoms with Crippen LogP contribution >= 0.6 is 0 Å². The number of aliphatic hydroxyl groups is 2. The van der Waals surface area contributed by atoms with Gasteiger partial charge in [-0.15, -0.1) is 0 Å². The maximum absolute atomic E-state index is 9.43. The predicted molar refractivity (Wildman–Crippen MR) is 75.8 cm³/mol. The van der Waals surface area contributed by atoms with Crippen LogP contribution in [-0.2, 0) is 6.54 Å². The van der Waals surface area contributed by atoms with Gasteiger partial charge in [-0.05, 0) is 17.4 Å². The van der Waals surface area contributed by atoms with Crippen molar-refractivity contribution in [2.24, 2.45) is 0 Å². The molecule has 2 rings (SSSR count). The average Bonchev–Trinajstić information content (AvgIpc) is 2.49. The van der Waals surface area contributed by atoms with Crippen molar-refractivity contribution >= 4 is 10.8 Å². The molecule has 2 aromatic rings. The van der Waals surface area contributed by atoms with Crippen molar-refractivity contribution < 1.29 is 10.2 Å². The Kier molecular flexibility index (Phi) is 4.47. The van der Waals surface area contributed by atoms with E-state index in [0.717, 1.165) is 16.3 Å². The number of hydrogen-bond donors (Lipinski definition) is 3. The van der Waals surface area contributed by atoms with Gasteiger partial charge >= 0.3 is 0 Å². The first-order valence-corrected chi connectivity index (χ1v) is 6.53. The van der Waals surface area contributed by atoms with E-state index in [1.54, 1.807) is 0 Å². The highest BCUT2D eigenvalue weighted by Gasteiger charge is 2.25. The predicted octanol–water partition coefficient (Wildman–Crippen LogP) is 1.46. The molecule has 0 aliphatic rings. The first kappa shape index (κ1) is 13.9. The van der Waals surface area contributed by atoms with Crippen LogP contribution in [0.3, 0.4) is 0 Å². The Morgan fingerprint density at radius 3 is 2.58 bits per heavy atom. The molecule has 102 valence electrons. The molecule has 0 atom stereocenters. The lowest BCUT2D eigenvalue weighted by molar-refractivity contribution is 0.0865. The van der Waals surface area contributed by atoms with E-state index in [1.165, 1.54) is 0 Å².